The van der Waals surface area contributed by atoms with E-state index in [0.29, 0.717) is 23.7 Å². The maximum Gasteiger partial charge on any atom is 0.0829 e. The topological polar surface area (TPSA) is 32.6 Å². The first kappa shape index (κ1) is 16.8. The third-order valence-corrected chi connectivity index (χ3v) is 9.70. The smallest absolute Gasteiger partial charge is 0.0829 e. The summed E-state index contributed by atoms with van der Waals surface area (Å²) in [5, 5.41) is 13.1. The SMILES string of the molecule is [2H]C1=CC([2H])([2H])[C@]2(C)[C@H]3CC[C@]4(C)[C@@H]([C@H](C)CCCC(C)C)CC[C@H]4[C@@H]3CC[C@@]2([2H])/C1=N/O. The fourth-order valence-corrected chi connectivity index (χ4v) is 8.22. The summed E-state index contributed by atoms with van der Waals surface area (Å²) >= 11 is 0. The van der Waals surface area contributed by atoms with Crippen molar-refractivity contribution in [3.05, 3.63) is 12.1 Å². The maximum absolute atomic E-state index is 9.72. The molecule has 0 saturated heterocycles. The van der Waals surface area contributed by atoms with E-state index in [-0.39, 0.29) is 17.7 Å². The molecular formula is C27H45NO. The zero-order valence-electron chi connectivity index (χ0n) is 23.3. The van der Waals surface area contributed by atoms with Crippen LogP contribution in [0.1, 0.15) is 104 Å². The summed E-state index contributed by atoms with van der Waals surface area (Å²) in [5.41, 5.74) is -0.616. The molecule has 0 bridgehead atoms. The zero-order valence-corrected chi connectivity index (χ0v) is 19.3. The van der Waals surface area contributed by atoms with Crippen LogP contribution in [0.15, 0.2) is 17.3 Å². The summed E-state index contributed by atoms with van der Waals surface area (Å²) in [5.74, 6) is 1.96. The van der Waals surface area contributed by atoms with Gasteiger partial charge in [-0.1, -0.05) is 65.1 Å². The molecule has 0 spiro atoms. The monoisotopic (exact) mass is 403 g/mol. The van der Waals surface area contributed by atoms with Crippen molar-refractivity contribution < 1.29 is 10.7 Å². The number of hydrogen-bond acceptors (Lipinski definition) is 2. The summed E-state index contributed by atoms with van der Waals surface area (Å²) in [6, 6.07) is -0.120. The number of oxime groups is 1. The van der Waals surface area contributed by atoms with Gasteiger partial charge in [0.2, 0.25) is 0 Å². The van der Waals surface area contributed by atoms with Crippen molar-refractivity contribution in [3.8, 4) is 0 Å². The average Bonchev–Trinajstić information content (AvgIpc) is 3.07. The molecule has 4 aliphatic carbocycles. The third kappa shape index (κ3) is 3.51. The molecule has 1 N–H and O–H groups in total. The van der Waals surface area contributed by atoms with Crippen molar-refractivity contribution in [2.75, 3.05) is 0 Å². The Morgan fingerprint density at radius 3 is 2.62 bits per heavy atom. The summed E-state index contributed by atoms with van der Waals surface area (Å²) in [6.07, 6.45) is 9.37. The fraction of sp³-hybridized carbons (Fsp3) is 0.889. The van der Waals surface area contributed by atoms with Gasteiger partial charge in [0.15, 0.2) is 0 Å². The molecule has 4 rings (SSSR count). The van der Waals surface area contributed by atoms with E-state index in [1.54, 1.807) is 0 Å². The van der Waals surface area contributed by atoms with Crippen LogP contribution in [0.4, 0.5) is 0 Å². The molecule has 0 amide bonds. The lowest BCUT2D eigenvalue weighted by molar-refractivity contribution is -0.0871. The van der Waals surface area contributed by atoms with Gasteiger partial charge in [0.05, 0.1) is 7.08 Å². The molecule has 3 fully saturated rings. The molecule has 0 aliphatic heterocycles. The van der Waals surface area contributed by atoms with Gasteiger partial charge in [0.25, 0.3) is 0 Å². The lowest BCUT2D eigenvalue weighted by Crippen LogP contribution is -2.54. The molecule has 164 valence electrons. The summed E-state index contributed by atoms with van der Waals surface area (Å²) in [7, 11) is 0. The first-order valence-corrected chi connectivity index (χ1v) is 12.3. The van der Waals surface area contributed by atoms with Crippen LogP contribution in [0.2, 0.25) is 0 Å². The molecule has 0 radical (unpaired) electrons. The third-order valence-electron chi connectivity index (χ3n) is 9.70. The van der Waals surface area contributed by atoms with E-state index in [2.05, 4.69) is 32.9 Å². The first-order chi connectivity index (χ1) is 15.3. The molecule has 3 saturated carbocycles. The van der Waals surface area contributed by atoms with Crippen molar-refractivity contribution in [2.24, 2.45) is 57.4 Å². The molecular weight excluding hydrogens is 354 g/mol. The van der Waals surface area contributed by atoms with Crippen LogP contribution in [-0.2, 0) is 0 Å². The summed E-state index contributed by atoms with van der Waals surface area (Å²) in [4.78, 5) is 0. The minimum atomic E-state index is -1.76. The van der Waals surface area contributed by atoms with Crippen molar-refractivity contribution >= 4 is 5.71 Å². The number of rotatable bonds is 5. The van der Waals surface area contributed by atoms with E-state index in [9.17, 15) is 6.58 Å². The Bertz CT molecular complexity index is 825. The van der Waals surface area contributed by atoms with Crippen LogP contribution in [0.3, 0.4) is 0 Å². The predicted molar refractivity (Wildman–Crippen MR) is 122 cm³/mol. The Morgan fingerprint density at radius 2 is 1.90 bits per heavy atom. The average molecular weight is 404 g/mol. The van der Waals surface area contributed by atoms with Crippen molar-refractivity contribution in [2.45, 2.75) is 98.8 Å². The first-order valence-electron chi connectivity index (χ1n) is 14.3. The highest BCUT2D eigenvalue weighted by Gasteiger charge is 2.60. The normalized spacial score (nSPS) is 53.0. The lowest BCUT2D eigenvalue weighted by atomic mass is 9.45. The molecule has 8 atom stereocenters. The second-order valence-electron chi connectivity index (χ2n) is 11.5. The van der Waals surface area contributed by atoms with Gasteiger partial charge in [-0.15, -0.1) is 0 Å². The highest BCUT2D eigenvalue weighted by molar-refractivity contribution is 5.97. The van der Waals surface area contributed by atoms with E-state index in [4.69, 9.17) is 4.11 Å². The fourth-order valence-electron chi connectivity index (χ4n) is 8.22. The van der Waals surface area contributed by atoms with Gasteiger partial charge in [-0.3, -0.25) is 0 Å². The molecule has 2 heteroatoms. The van der Waals surface area contributed by atoms with Gasteiger partial charge in [0, 0.05) is 10.0 Å². The van der Waals surface area contributed by atoms with Gasteiger partial charge >= 0.3 is 0 Å². The second kappa shape index (κ2) is 8.04. The molecule has 0 heterocycles. The molecule has 0 aromatic rings. The Hall–Kier alpha value is -0.790. The van der Waals surface area contributed by atoms with Crippen LogP contribution in [-0.4, -0.2) is 10.9 Å². The number of nitrogens with zero attached hydrogens (tertiary/aromatic N) is 1. The van der Waals surface area contributed by atoms with Gasteiger partial charge in [0.1, 0.15) is 0 Å². The van der Waals surface area contributed by atoms with Gasteiger partial charge in [-0.25, -0.2) is 0 Å². The quantitative estimate of drug-likeness (QED) is 0.370. The van der Waals surface area contributed by atoms with E-state index < -0.39 is 17.7 Å². The highest BCUT2D eigenvalue weighted by atomic mass is 16.4. The minimum absolute atomic E-state index is 0.0648. The minimum Gasteiger partial charge on any atom is -0.411 e. The van der Waals surface area contributed by atoms with E-state index >= 15 is 0 Å². The van der Waals surface area contributed by atoms with E-state index in [1.165, 1.54) is 38.2 Å². The van der Waals surface area contributed by atoms with Crippen LogP contribution in [0, 0.1) is 52.2 Å². The van der Waals surface area contributed by atoms with Gasteiger partial charge in [-0.2, -0.15) is 0 Å². The predicted octanol–water partition coefficient (Wildman–Crippen LogP) is 7.71. The van der Waals surface area contributed by atoms with Crippen molar-refractivity contribution in [1.29, 1.82) is 0 Å². The zero-order chi connectivity index (χ0) is 24.4. The van der Waals surface area contributed by atoms with E-state index in [0.717, 1.165) is 37.0 Å². The number of hydrogen-bond donors (Lipinski definition) is 1. The van der Waals surface area contributed by atoms with Crippen LogP contribution in [0.5, 0.6) is 0 Å². The maximum atomic E-state index is 9.72. The van der Waals surface area contributed by atoms with E-state index in [1.807, 2.05) is 6.92 Å². The lowest BCUT2D eigenvalue weighted by Gasteiger charge is -2.60. The number of allylic oxidation sites excluding steroid dienone is 2. The molecule has 0 aromatic heterocycles. The Balaban J connectivity index is 1.62. The standard InChI is InChI=1S/C27H45NO/c1-18(2)8-6-9-19(3)21-13-14-22-20-11-12-24-25(28-29)10-7-16-26(24,4)23(20)15-17-27(21,22)5/h7,10,18-24,29H,6,8-9,11-17H2,1-5H3/b28-25+/t19-,20+,21-,22+,23+,24+,26-,27-/m1/s1/i10D,16D2,24D. The van der Waals surface area contributed by atoms with Gasteiger partial charge in [-0.05, 0) is 97.3 Å². The molecule has 2 nitrogen and oxygen atoms in total. The largest absolute Gasteiger partial charge is 0.411 e. The summed E-state index contributed by atoms with van der Waals surface area (Å²) in [6.45, 7) is 11.5. The Morgan fingerprint density at radius 1 is 1.14 bits per heavy atom. The molecule has 0 aromatic carbocycles. The van der Waals surface area contributed by atoms with Crippen LogP contribution >= 0.6 is 0 Å². The molecule has 29 heavy (non-hydrogen) atoms. The Kier molecular flexibility index (Phi) is 4.67. The Labute approximate surface area is 185 Å². The molecule has 0 unspecified atom stereocenters. The van der Waals surface area contributed by atoms with Crippen molar-refractivity contribution in [1.82, 2.24) is 0 Å². The van der Waals surface area contributed by atoms with Gasteiger partial charge < -0.3 is 5.21 Å². The van der Waals surface area contributed by atoms with Crippen LogP contribution < -0.4 is 0 Å². The van der Waals surface area contributed by atoms with Crippen molar-refractivity contribution in [3.63, 3.8) is 0 Å². The summed E-state index contributed by atoms with van der Waals surface area (Å²) < 4.78 is 35.6. The molecule has 4 aliphatic rings. The number of fused-ring (bicyclic) bond motifs is 5. The highest BCUT2D eigenvalue weighted by Crippen LogP contribution is 2.67. The second-order valence-corrected chi connectivity index (χ2v) is 11.5. The van der Waals surface area contributed by atoms with Crippen LogP contribution in [0.25, 0.3) is 0 Å².